The van der Waals surface area contributed by atoms with Gasteiger partial charge in [-0.25, -0.2) is 22.2 Å². The Hall–Kier alpha value is -2.58. The van der Waals surface area contributed by atoms with Gasteiger partial charge in [-0.05, 0) is 42.8 Å². The van der Waals surface area contributed by atoms with Crippen LogP contribution in [0.2, 0.25) is 0 Å². The van der Waals surface area contributed by atoms with Gasteiger partial charge in [0.2, 0.25) is 0 Å². The Balaban J connectivity index is 2.30. The molecule has 0 radical (unpaired) electrons. The summed E-state index contributed by atoms with van der Waals surface area (Å²) in [7, 11) is -3.40. The molecule has 3 aromatic rings. The van der Waals surface area contributed by atoms with Crippen molar-refractivity contribution in [3.63, 3.8) is 0 Å². The van der Waals surface area contributed by atoms with Crippen LogP contribution >= 0.6 is 0 Å². The first-order valence-corrected chi connectivity index (χ1v) is 10.5. The summed E-state index contributed by atoms with van der Waals surface area (Å²) in [6.45, 7) is 1.11. The first-order chi connectivity index (χ1) is 13.3. The molecule has 8 heteroatoms. The molecule has 0 amide bonds. The van der Waals surface area contributed by atoms with E-state index < -0.39 is 22.3 Å². The van der Waals surface area contributed by atoms with Gasteiger partial charge in [0.15, 0.2) is 9.84 Å². The van der Waals surface area contributed by atoms with Crippen LogP contribution in [0.25, 0.3) is 22.2 Å². The summed E-state index contributed by atoms with van der Waals surface area (Å²) in [5.41, 5.74) is 8.74. The number of hydrogen-bond donors (Lipinski definition) is 1. The third kappa shape index (κ3) is 3.83. The topological polar surface area (TPSA) is 78.0 Å². The molecular weight excluding hydrogens is 384 g/mol. The summed E-state index contributed by atoms with van der Waals surface area (Å²) in [5.74, 6) is -0.395. The van der Waals surface area contributed by atoms with E-state index in [9.17, 15) is 17.2 Å². The van der Waals surface area contributed by atoms with Crippen molar-refractivity contribution < 1.29 is 17.2 Å². The number of benzene rings is 1. The summed E-state index contributed by atoms with van der Waals surface area (Å²) in [6, 6.07) is 9.72. The lowest BCUT2D eigenvalue weighted by atomic mass is 10.1. The normalized spacial score (nSPS) is 12.7. The van der Waals surface area contributed by atoms with Crippen LogP contribution in [0, 0.1) is 6.92 Å². The van der Waals surface area contributed by atoms with Crippen LogP contribution in [-0.2, 0) is 23.1 Å². The summed E-state index contributed by atoms with van der Waals surface area (Å²) >= 11 is 0. The van der Waals surface area contributed by atoms with Crippen LogP contribution in [0.3, 0.4) is 0 Å². The van der Waals surface area contributed by atoms with Gasteiger partial charge in [-0.1, -0.05) is 12.1 Å². The molecule has 2 heterocycles. The summed E-state index contributed by atoms with van der Waals surface area (Å²) in [5, 5.41) is 0. The molecule has 148 valence electrons. The zero-order chi connectivity index (χ0) is 20.5. The second-order valence-electron chi connectivity index (χ2n) is 6.54. The van der Waals surface area contributed by atoms with Crippen molar-refractivity contribution in [1.29, 1.82) is 0 Å². The van der Waals surface area contributed by atoms with Gasteiger partial charge in [0.05, 0.1) is 28.2 Å². The number of pyridine rings is 1. The zero-order valence-electron chi connectivity index (χ0n) is 15.6. The van der Waals surface area contributed by atoms with Gasteiger partial charge in [-0.2, -0.15) is 0 Å². The molecule has 0 atom stereocenters. The Morgan fingerprint density at radius 2 is 2.04 bits per heavy atom. The van der Waals surface area contributed by atoms with Crippen molar-refractivity contribution in [1.82, 2.24) is 9.55 Å². The predicted octanol–water partition coefficient (Wildman–Crippen LogP) is 3.70. The molecule has 1 aromatic carbocycles. The maximum absolute atomic E-state index is 14.2. The first kappa shape index (κ1) is 20.2. The number of rotatable bonds is 6. The minimum absolute atomic E-state index is 0.0397. The van der Waals surface area contributed by atoms with Crippen molar-refractivity contribution in [3.05, 3.63) is 59.7 Å². The summed E-state index contributed by atoms with van der Waals surface area (Å²) in [4.78, 5) is 4.55. The van der Waals surface area contributed by atoms with Gasteiger partial charge < -0.3 is 10.3 Å². The third-order valence-electron chi connectivity index (χ3n) is 4.56. The Morgan fingerprint density at radius 1 is 1.29 bits per heavy atom. The highest BCUT2D eigenvalue weighted by molar-refractivity contribution is 7.90. The molecule has 0 aliphatic rings. The van der Waals surface area contributed by atoms with Crippen molar-refractivity contribution in [2.45, 2.75) is 25.0 Å². The summed E-state index contributed by atoms with van der Waals surface area (Å²) < 4.78 is 53.0. The van der Waals surface area contributed by atoms with E-state index in [2.05, 4.69) is 4.98 Å². The second-order valence-corrected chi connectivity index (χ2v) is 8.55. The van der Waals surface area contributed by atoms with Crippen LogP contribution in [0.4, 0.5) is 8.78 Å². The van der Waals surface area contributed by atoms with E-state index in [4.69, 9.17) is 5.73 Å². The monoisotopic (exact) mass is 405 g/mol. The van der Waals surface area contributed by atoms with Crippen LogP contribution in [0.1, 0.15) is 11.4 Å². The van der Waals surface area contributed by atoms with Crippen molar-refractivity contribution in [3.8, 4) is 11.1 Å². The Kier molecular flexibility index (Phi) is 5.62. The molecule has 0 saturated heterocycles. The maximum atomic E-state index is 14.2. The number of hydrogen-bond acceptors (Lipinski definition) is 4. The third-order valence-corrected chi connectivity index (χ3v) is 5.67. The molecule has 0 bridgehead atoms. The fourth-order valence-corrected chi connectivity index (χ4v) is 3.90. The molecule has 0 aliphatic carbocycles. The number of allylic oxidation sites excluding steroid dienone is 1. The van der Waals surface area contributed by atoms with Gasteiger partial charge in [-0.15, -0.1) is 0 Å². The Labute approximate surface area is 162 Å². The minimum atomic E-state index is -3.40. The molecule has 0 aliphatic heterocycles. The lowest BCUT2D eigenvalue weighted by molar-refractivity contribution is 0.477. The summed E-state index contributed by atoms with van der Waals surface area (Å²) in [6.07, 6.45) is 2.42. The lowest BCUT2D eigenvalue weighted by Gasteiger charge is -2.08. The van der Waals surface area contributed by atoms with Crippen LogP contribution in [0.15, 0.2) is 53.2 Å². The molecule has 0 spiro atoms. The van der Waals surface area contributed by atoms with Gasteiger partial charge in [0.25, 0.3) is 0 Å². The van der Waals surface area contributed by atoms with E-state index in [1.165, 1.54) is 12.1 Å². The van der Waals surface area contributed by atoms with Gasteiger partial charge >= 0.3 is 0 Å². The van der Waals surface area contributed by atoms with Crippen molar-refractivity contribution in [2.24, 2.45) is 5.73 Å². The van der Waals surface area contributed by atoms with E-state index in [-0.39, 0.29) is 23.7 Å². The van der Waals surface area contributed by atoms with E-state index in [0.29, 0.717) is 27.9 Å². The Morgan fingerprint density at radius 3 is 2.68 bits per heavy atom. The molecule has 5 nitrogen and oxygen atoms in total. The highest BCUT2D eigenvalue weighted by atomic mass is 32.2. The highest BCUT2D eigenvalue weighted by Gasteiger charge is 2.19. The minimum Gasteiger partial charge on any atom is -0.336 e. The largest absolute Gasteiger partial charge is 0.336 e. The smallest absolute Gasteiger partial charge is 0.175 e. The van der Waals surface area contributed by atoms with Gasteiger partial charge in [0, 0.05) is 24.1 Å². The van der Waals surface area contributed by atoms with Gasteiger partial charge in [0.1, 0.15) is 12.5 Å². The SMILES string of the molecule is Cc1c(-c2cccc(S(C)(=O)=O)c2)c2nc(CF)ccc2n1C/C(F)=C/CN. The molecule has 28 heavy (non-hydrogen) atoms. The Bertz CT molecular complexity index is 1170. The van der Waals surface area contributed by atoms with Crippen molar-refractivity contribution >= 4 is 20.9 Å². The van der Waals surface area contributed by atoms with E-state index >= 15 is 0 Å². The molecule has 3 rings (SSSR count). The number of aromatic nitrogens is 2. The molecule has 0 saturated carbocycles. The lowest BCUT2D eigenvalue weighted by Crippen LogP contribution is -2.03. The molecular formula is C20H21F2N3O2S. The number of sulfone groups is 1. The maximum Gasteiger partial charge on any atom is 0.175 e. The first-order valence-electron chi connectivity index (χ1n) is 8.66. The number of alkyl halides is 1. The fraction of sp³-hybridized carbons (Fsp3) is 0.250. The van der Waals surface area contributed by atoms with Crippen LogP contribution < -0.4 is 5.73 Å². The number of nitrogens with two attached hydrogens (primary N) is 1. The second kappa shape index (κ2) is 7.81. The number of nitrogens with zero attached hydrogens (tertiary/aromatic N) is 2. The molecule has 0 fully saturated rings. The van der Waals surface area contributed by atoms with E-state index in [1.807, 2.05) is 0 Å². The zero-order valence-corrected chi connectivity index (χ0v) is 16.4. The van der Waals surface area contributed by atoms with E-state index in [0.717, 1.165) is 6.26 Å². The predicted molar refractivity (Wildman–Crippen MR) is 106 cm³/mol. The van der Waals surface area contributed by atoms with Gasteiger partial charge in [-0.3, -0.25) is 0 Å². The molecule has 2 aromatic heterocycles. The van der Waals surface area contributed by atoms with E-state index in [1.54, 1.807) is 41.8 Å². The average molecular weight is 405 g/mol. The van der Waals surface area contributed by atoms with Crippen molar-refractivity contribution in [2.75, 3.05) is 12.8 Å². The highest BCUT2D eigenvalue weighted by Crippen LogP contribution is 2.35. The number of fused-ring (bicyclic) bond motifs is 1. The standard InChI is InChI=1S/C20H21F2N3O2S/c1-13-19(14-4-3-5-17(10-14)28(2,26)27)20-18(7-6-16(11-21)24-20)25(13)12-15(22)8-9-23/h3-8,10H,9,11-12,23H2,1-2H3/b15-8-. The van der Waals surface area contributed by atoms with Crippen LogP contribution in [-0.4, -0.2) is 30.8 Å². The number of halogens is 2. The molecule has 2 N–H and O–H groups in total. The van der Waals surface area contributed by atoms with Crippen LogP contribution in [0.5, 0.6) is 0 Å². The quantitative estimate of drug-likeness (QED) is 0.678. The molecule has 0 unspecified atom stereocenters. The average Bonchev–Trinajstić information content (AvgIpc) is 2.92. The fourth-order valence-electron chi connectivity index (χ4n) is 3.23.